The van der Waals surface area contributed by atoms with Gasteiger partial charge < -0.3 is 0 Å². The second-order valence-corrected chi connectivity index (χ2v) is 8.42. The van der Waals surface area contributed by atoms with Gasteiger partial charge in [-0.05, 0) is 50.2 Å². The summed E-state index contributed by atoms with van der Waals surface area (Å²) in [7, 11) is -3.66. The van der Waals surface area contributed by atoms with Gasteiger partial charge in [-0.2, -0.15) is 5.10 Å². The second-order valence-electron chi connectivity index (χ2n) is 5.08. The van der Waals surface area contributed by atoms with Crippen molar-refractivity contribution >= 4 is 38.6 Å². The fraction of sp³-hybridized carbons (Fsp3) is 0.133. The molecule has 23 heavy (non-hydrogen) atoms. The molecule has 0 aliphatic rings. The summed E-state index contributed by atoms with van der Waals surface area (Å²) >= 11 is 7.21. The number of rotatable bonds is 4. The van der Waals surface area contributed by atoms with E-state index in [2.05, 4.69) is 14.9 Å². The van der Waals surface area contributed by atoms with E-state index in [-0.39, 0.29) is 4.90 Å². The second kappa shape index (κ2) is 5.99. The number of benzene rings is 1. The highest BCUT2D eigenvalue weighted by atomic mass is 35.5. The quantitative estimate of drug-likeness (QED) is 0.725. The molecule has 0 spiro atoms. The topological polar surface area (TPSA) is 74.8 Å². The first-order chi connectivity index (χ1) is 10.8. The molecule has 0 radical (unpaired) electrons. The van der Waals surface area contributed by atoms with Crippen molar-refractivity contribution in [2.24, 2.45) is 0 Å². The first-order valence-corrected chi connectivity index (χ1v) is 9.44. The molecule has 0 saturated heterocycles. The first kappa shape index (κ1) is 16.0. The van der Waals surface area contributed by atoms with Crippen LogP contribution in [0.2, 0.25) is 5.02 Å². The minimum absolute atomic E-state index is 0.258. The maximum atomic E-state index is 12.6. The minimum Gasteiger partial charge on any atom is -0.282 e. The SMILES string of the molecule is Cc1cc(-c2cc(S(=O)(=O)Nc3ccc(Cl)cc3)c(C)s2)n[nH]1. The molecule has 0 atom stereocenters. The van der Waals surface area contributed by atoms with Crippen molar-refractivity contribution in [1.29, 1.82) is 0 Å². The number of aromatic nitrogens is 2. The van der Waals surface area contributed by atoms with Crippen LogP contribution >= 0.6 is 22.9 Å². The molecule has 3 aromatic rings. The molecule has 0 aliphatic carbocycles. The van der Waals surface area contributed by atoms with Crippen molar-refractivity contribution in [3.05, 3.63) is 52.0 Å². The maximum absolute atomic E-state index is 12.6. The molecular weight excluding hydrogens is 354 g/mol. The third kappa shape index (κ3) is 3.41. The zero-order chi connectivity index (χ0) is 16.6. The lowest BCUT2D eigenvalue weighted by Crippen LogP contribution is -2.12. The van der Waals surface area contributed by atoms with Gasteiger partial charge in [-0.1, -0.05) is 11.6 Å². The number of H-pyrrole nitrogens is 1. The Kier molecular flexibility index (Phi) is 4.18. The van der Waals surface area contributed by atoms with E-state index in [1.54, 1.807) is 37.3 Å². The molecule has 2 N–H and O–H groups in total. The fourth-order valence-corrected chi connectivity index (χ4v) is 4.87. The molecule has 0 amide bonds. The highest BCUT2D eigenvalue weighted by molar-refractivity contribution is 7.93. The number of thiophene rings is 1. The summed E-state index contributed by atoms with van der Waals surface area (Å²) in [6.45, 7) is 3.68. The van der Waals surface area contributed by atoms with Crippen molar-refractivity contribution in [2.45, 2.75) is 18.7 Å². The predicted molar refractivity (Wildman–Crippen MR) is 93.6 cm³/mol. The van der Waals surface area contributed by atoms with E-state index in [1.807, 2.05) is 13.0 Å². The van der Waals surface area contributed by atoms with Gasteiger partial charge >= 0.3 is 0 Å². The van der Waals surface area contributed by atoms with Gasteiger partial charge in [0.1, 0.15) is 10.6 Å². The van der Waals surface area contributed by atoms with E-state index < -0.39 is 10.0 Å². The van der Waals surface area contributed by atoms with E-state index in [1.165, 1.54) is 11.3 Å². The molecule has 0 fully saturated rings. The van der Waals surface area contributed by atoms with Crippen LogP contribution < -0.4 is 4.72 Å². The summed E-state index contributed by atoms with van der Waals surface area (Å²) in [5, 5.41) is 7.58. The van der Waals surface area contributed by atoms with Gasteiger partial charge in [-0.3, -0.25) is 9.82 Å². The van der Waals surface area contributed by atoms with Crippen LogP contribution in [0.15, 0.2) is 41.3 Å². The molecule has 5 nitrogen and oxygen atoms in total. The van der Waals surface area contributed by atoms with Crippen molar-refractivity contribution in [1.82, 2.24) is 10.2 Å². The van der Waals surface area contributed by atoms with Crippen LogP contribution in [0.3, 0.4) is 0 Å². The van der Waals surface area contributed by atoms with Crippen LogP contribution in [0.4, 0.5) is 5.69 Å². The van der Waals surface area contributed by atoms with E-state index in [0.29, 0.717) is 15.6 Å². The van der Waals surface area contributed by atoms with Crippen LogP contribution in [-0.2, 0) is 10.0 Å². The fourth-order valence-electron chi connectivity index (χ4n) is 2.13. The summed E-state index contributed by atoms with van der Waals surface area (Å²) in [5.74, 6) is 0. The Bertz CT molecular complexity index is 944. The molecule has 120 valence electrons. The molecule has 1 aromatic carbocycles. The van der Waals surface area contributed by atoms with E-state index in [9.17, 15) is 8.42 Å². The van der Waals surface area contributed by atoms with Gasteiger partial charge in [-0.25, -0.2) is 8.42 Å². The lowest BCUT2D eigenvalue weighted by atomic mass is 10.3. The Morgan fingerprint density at radius 2 is 1.87 bits per heavy atom. The molecule has 2 aromatic heterocycles. The van der Waals surface area contributed by atoms with Crippen LogP contribution in [0.1, 0.15) is 10.6 Å². The molecule has 2 heterocycles. The number of nitrogens with one attached hydrogen (secondary N) is 2. The number of halogens is 1. The Morgan fingerprint density at radius 3 is 2.48 bits per heavy atom. The Labute approximate surface area is 143 Å². The largest absolute Gasteiger partial charge is 0.282 e. The molecule has 0 aliphatic heterocycles. The Morgan fingerprint density at radius 1 is 1.17 bits per heavy atom. The van der Waals surface area contributed by atoms with Gasteiger partial charge in [0.25, 0.3) is 10.0 Å². The summed E-state index contributed by atoms with van der Waals surface area (Å²) in [6, 6.07) is 10.1. The van der Waals surface area contributed by atoms with Crippen molar-refractivity contribution in [2.75, 3.05) is 4.72 Å². The number of hydrogen-bond donors (Lipinski definition) is 2. The van der Waals surface area contributed by atoms with Gasteiger partial charge in [0.15, 0.2) is 0 Å². The number of hydrogen-bond acceptors (Lipinski definition) is 4. The number of aryl methyl sites for hydroxylation is 2. The minimum atomic E-state index is -3.66. The number of anilines is 1. The van der Waals surface area contributed by atoms with Crippen LogP contribution in [0.25, 0.3) is 10.6 Å². The normalized spacial score (nSPS) is 11.6. The van der Waals surface area contributed by atoms with Crippen molar-refractivity contribution < 1.29 is 8.42 Å². The summed E-state index contributed by atoms with van der Waals surface area (Å²) in [6.07, 6.45) is 0. The monoisotopic (exact) mass is 367 g/mol. The molecule has 8 heteroatoms. The van der Waals surface area contributed by atoms with E-state index >= 15 is 0 Å². The lowest BCUT2D eigenvalue weighted by Gasteiger charge is -2.07. The predicted octanol–water partition coefficient (Wildman–Crippen LogP) is 4.21. The van der Waals surface area contributed by atoms with Crippen LogP contribution in [-0.4, -0.2) is 18.6 Å². The van der Waals surface area contributed by atoms with Crippen molar-refractivity contribution in [3.8, 4) is 10.6 Å². The average molecular weight is 368 g/mol. The van der Waals surface area contributed by atoms with Gasteiger partial charge in [0.2, 0.25) is 0 Å². The lowest BCUT2D eigenvalue weighted by molar-refractivity contribution is 0.601. The summed E-state index contributed by atoms with van der Waals surface area (Å²) in [5.41, 5.74) is 2.13. The number of aromatic amines is 1. The smallest absolute Gasteiger partial charge is 0.263 e. The van der Waals surface area contributed by atoms with Gasteiger partial charge in [0, 0.05) is 21.3 Å². The first-order valence-electron chi connectivity index (χ1n) is 6.76. The number of nitrogens with zero attached hydrogens (tertiary/aromatic N) is 1. The third-order valence-electron chi connectivity index (χ3n) is 3.22. The number of sulfonamides is 1. The molecule has 0 saturated carbocycles. The highest BCUT2D eigenvalue weighted by Gasteiger charge is 2.21. The Balaban J connectivity index is 1.94. The maximum Gasteiger partial charge on any atom is 0.263 e. The van der Waals surface area contributed by atoms with Gasteiger partial charge in [0.05, 0.1) is 4.88 Å². The molecule has 0 bridgehead atoms. The zero-order valence-electron chi connectivity index (χ0n) is 12.4. The van der Waals surface area contributed by atoms with Crippen molar-refractivity contribution in [3.63, 3.8) is 0 Å². The van der Waals surface area contributed by atoms with Gasteiger partial charge in [-0.15, -0.1) is 11.3 Å². The van der Waals surface area contributed by atoms with E-state index in [0.717, 1.165) is 16.3 Å². The zero-order valence-corrected chi connectivity index (χ0v) is 14.8. The molecular formula is C15H14ClN3O2S2. The highest BCUT2D eigenvalue weighted by Crippen LogP contribution is 2.33. The summed E-state index contributed by atoms with van der Waals surface area (Å²) in [4.78, 5) is 1.78. The summed E-state index contributed by atoms with van der Waals surface area (Å²) < 4.78 is 27.7. The average Bonchev–Trinajstić information content (AvgIpc) is 3.07. The van der Waals surface area contributed by atoms with E-state index in [4.69, 9.17) is 11.6 Å². The Hall–Kier alpha value is -1.83. The third-order valence-corrected chi connectivity index (χ3v) is 6.18. The standard InChI is InChI=1S/C15H14ClN3O2S2/c1-9-7-13(18-17-9)14-8-15(10(2)22-14)23(20,21)19-12-5-3-11(16)4-6-12/h3-8,19H,1-2H3,(H,17,18). The van der Waals surface area contributed by atoms with Crippen LogP contribution in [0.5, 0.6) is 0 Å². The molecule has 3 rings (SSSR count). The molecule has 0 unspecified atom stereocenters. The van der Waals surface area contributed by atoms with Crippen LogP contribution in [0, 0.1) is 13.8 Å².